The number of nitrogens with one attached hydrogen (secondary N) is 1. The van der Waals surface area contributed by atoms with Crippen molar-refractivity contribution in [3.05, 3.63) is 133 Å². The van der Waals surface area contributed by atoms with Crippen molar-refractivity contribution in [1.29, 1.82) is 0 Å². The predicted octanol–water partition coefficient (Wildman–Crippen LogP) is 9.92. The quantitative estimate of drug-likeness (QED) is 0.102. The van der Waals surface area contributed by atoms with Crippen molar-refractivity contribution < 1.29 is 31.1 Å². The lowest BCUT2D eigenvalue weighted by Crippen LogP contribution is -2.38. The molecule has 0 bridgehead atoms. The van der Waals surface area contributed by atoms with Crippen molar-refractivity contribution in [2.45, 2.75) is 114 Å². The summed E-state index contributed by atoms with van der Waals surface area (Å²) in [4.78, 5) is 28.8. The van der Waals surface area contributed by atoms with Gasteiger partial charge in [0.25, 0.3) is 20.0 Å². The van der Waals surface area contributed by atoms with Crippen molar-refractivity contribution in [1.82, 2.24) is 57.5 Å². The molecule has 19 nitrogen and oxygen atoms in total. The number of ether oxygens (including phenoxy) is 2. The number of carbonyl (C=O) groups excluding carboxylic acids is 1. The van der Waals surface area contributed by atoms with Gasteiger partial charge in [-0.25, -0.2) is 34.7 Å². The van der Waals surface area contributed by atoms with Crippen molar-refractivity contribution >= 4 is 60.3 Å². The van der Waals surface area contributed by atoms with Crippen LogP contribution >= 0.6 is 12.4 Å². The molecular formula is C63H89ClN12O7S2. The second-order valence-corrected chi connectivity index (χ2v) is 25.4. The average molecular weight is 1230 g/mol. The van der Waals surface area contributed by atoms with Crippen LogP contribution in [0.25, 0.3) is 44.3 Å². The van der Waals surface area contributed by atoms with Crippen molar-refractivity contribution in [3.63, 3.8) is 0 Å². The fraction of sp³-hybridized carbons (Fsp3) is 0.476. The highest BCUT2D eigenvalue weighted by Crippen LogP contribution is 2.40. The lowest BCUT2D eigenvalue weighted by molar-refractivity contribution is -0.120. The molecule has 8 heterocycles. The molecule has 2 aliphatic heterocycles. The minimum Gasteiger partial charge on any atom is -0.379 e. The summed E-state index contributed by atoms with van der Waals surface area (Å²) in [6.45, 7) is 10.0. The monoisotopic (exact) mass is 1220 g/mol. The Morgan fingerprint density at radius 3 is 1.33 bits per heavy atom. The number of benzene rings is 2. The van der Waals surface area contributed by atoms with E-state index in [1.807, 2.05) is 54.3 Å². The van der Waals surface area contributed by atoms with Crippen LogP contribution in [0.15, 0.2) is 132 Å². The Labute approximate surface area is 510 Å². The van der Waals surface area contributed by atoms with Crippen LogP contribution in [0.1, 0.15) is 96.6 Å². The highest BCUT2D eigenvalue weighted by Gasteiger charge is 2.29. The molecule has 8 aromatic rings. The third-order valence-corrected chi connectivity index (χ3v) is 19.5. The van der Waals surface area contributed by atoms with E-state index in [1.165, 1.54) is 13.5 Å². The molecule has 4 aliphatic rings. The van der Waals surface area contributed by atoms with E-state index in [4.69, 9.17) is 14.5 Å². The molecule has 0 radical (unpaired) electrons. The molecule has 0 atom stereocenters. The fourth-order valence-electron chi connectivity index (χ4n) is 11.5. The van der Waals surface area contributed by atoms with Crippen LogP contribution < -0.4 is 5.32 Å². The topological polar surface area (TPSA) is 197 Å². The van der Waals surface area contributed by atoms with Gasteiger partial charge in [-0.15, -0.1) is 12.4 Å². The second-order valence-electron chi connectivity index (χ2n) is 21.8. The first-order valence-electron chi connectivity index (χ1n) is 28.4. The van der Waals surface area contributed by atoms with Gasteiger partial charge in [-0.05, 0) is 126 Å². The van der Waals surface area contributed by atoms with E-state index in [2.05, 4.69) is 61.4 Å². The molecule has 12 rings (SSSR count). The Morgan fingerprint density at radius 1 is 0.553 bits per heavy atom. The Kier molecular flexibility index (Phi) is 24.8. The normalized spacial score (nSPS) is 18.0. The molecule has 1 N–H and O–H groups in total. The molecule has 2 saturated heterocycles. The highest BCUT2D eigenvalue weighted by molar-refractivity contribution is 7.90. The molecule has 4 fully saturated rings. The number of aromatic nitrogens is 8. The van der Waals surface area contributed by atoms with Gasteiger partial charge in [0.2, 0.25) is 0 Å². The summed E-state index contributed by atoms with van der Waals surface area (Å²) >= 11 is 0. The number of nitrogens with zero attached hydrogens (tertiary/aromatic N) is 11. The van der Waals surface area contributed by atoms with E-state index in [1.54, 1.807) is 79.4 Å². The number of morpholine rings is 2. The van der Waals surface area contributed by atoms with E-state index < -0.39 is 20.0 Å². The smallest absolute Gasteiger partial charge is 0.269 e. The van der Waals surface area contributed by atoms with Gasteiger partial charge in [0.05, 0.1) is 61.7 Å². The molecule has 0 unspecified atom stereocenters. The number of hydrogen-bond acceptors (Lipinski definition) is 15. The average Bonchev–Trinajstić information content (AvgIpc) is 1.85. The van der Waals surface area contributed by atoms with E-state index in [-0.39, 0.29) is 50.4 Å². The van der Waals surface area contributed by atoms with Crippen LogP contribution in [0, 0.1) is 0 Å². The zero-order valence-corrected chi connectivity index (χ0v) is 49.9. The summed E-state index contributed by atoms with van der Waals surface area (Å²) in [5, 5.41) is 13.6. The maximum Gasteiger partial charge on any atom is 0.269 e. The van der Waals surface area contributed by atoms with Crippen LogP contribution in [0.5, 0.6) is 0 Å². The predicted molar refractivity (Wildman–Crippen MR) is 342 cm³/mol. The number of hydrogen-bond donors (Lipinski definition) is 1. The summed E-state index contributed by atoms with van der Waals surface area (Å²) in [6.07, 6.45) is 21.9. The molecule has 2 saturated carbocycles. The van der Waals surface area contributed by atoms with Gasteiger partial charge in [-0.1, -0.05) is 58.7 Å². The first-order valence-corrected chi connectivity index (χ1v) is 31.2. The van der Waals surface area contributed by atoms with Crippen molar-refractivity contribution in [2.24, 2.45) is 0 Å². The van der Waals surface area contributed by atoms with E-state index >= 15 is 0 Å². The van der Waals surface area contributed by atoms with Crippen LogP contribution in [0.4, 0.5) is 0 Å². The minimum absolute atomic E-state index is 0. The molecular weight excluding hydrogens is 1140 g/mol. The van der Waals surface area contributed by atoms with Gasteiger partial charge in [-0.2, -0.15) is 10.2 Å². The number of Topliss-reactive ketones (excluding diaryl/α,β-unsaturated/α-hetero) is 1. The summed E-state index contributed by atoms with van der Waals surface area (Å²) in [5.74, 6) is 0.967. The molecule has 2 aromatic carbocycles. The first kappa shape index (κ1) is 68.0. The van der Waals surface area contributed by atoms with Crippen LogP contribution in [-0.2, 0) is 47.4 Å². The number of halogens is 1. The number of fused-ring (bicyclic) bond motifs is 2. The van der Waals surface area contributed by atoms with Crippen molar-refractivity contribution in [2.75, 3.05) is 93.9 Å². The summed E-state index contributed by atoms with van der Waals surface area (Å²) in [6, 6.07) is 21.8. The molecule has 462 valence electrons. The first-order chi connectivity index (χ1) is 39.3. The van der Waals surface area contributed by atoms with E-state index in [9.17, 15) is 21.6 Å². The summed E-state index contributed by atoms with van der Waals surface area (Å²) in [5.41, 5.74) is 6.41. The fourth-order valence-corrected chi connectivity index (χ4v) is 14.2. The minimum atomic E-state index is -3.85. The Bertz CT molecular complexity index is 3600. The largest absolute Gasteiger partial charge is 0.379 e. The van der Waals surface area contributed by atoms with Gasteiger partial charge in [0.1, 0.15) is 5.78 Å². The Balaban J connectivity index is 0.000000249. The zero-order valence-electron chi connectivity index (χ0n) is 47.4. The van der Waals surface area contributed by atoms with Gasteiger partial charge < -0.3 is 19.7 Å². The molecule has 2 aliphatic carbocycles. The number of ketones is 1. The third-order valence-electron chi connectivity index (χ3n) is 16.2. The maximum atomic E-state index is 13.7. The second kappa shape index (κ2) is 31.0. The molecule has 85 heavy (non-hydrogen) atoms. The standard InChI is InChI=1S/C30H38N6O3S.C28H31N5O4S.C2H7N.3CH4.ClH/c1-33(2)26-10-8-23(9-11-26)24-18-28-29(25-20-32-35(21-25)13-12-34-14-16-39-17-15-34)22-36(30(28)31-19-24)40(37,38)27-6-4-3-5-7-27;34-24-8-6-21(7-9-24)22-16-26-27(23-18-30-32(19-23)11-10-31-12-14-37-15-13-31)20-33(28(26)29-17-22)38(35,36)25-4-2-1-3-5-25;1-3-2;;;;/h3-7,18-23,26H,8-17H2,1-2H3;1-5,16-21H,6-15H2;3H,1-2H3;3*1H4;1H. The van der Waals surface area contributed by atoms with Gasteiger partial charge in [0, 0.05) is 128 Å². The van der Waals surface area contributed by atoms with Crippen LogP contribution in [0.2, 0.25) is 0 Å². The molecule has 0 spiro atoms. The summed E-state index contributed by atoms with van der Waals surface area (Å²) in [7, 11) is 0.385. The van der Waals surface area contributed by atoms with Crippen molar-refractivity contribution in [3.8, 4) is 22.3 Å². The molecule has 22 heteroatoms. The number of rotatable bonds is 15. The lowest BCUT2D eigenvalue weighted by Gasteiger charge is -2.32. The third kappa shape index (κ3) is 15.9. The molecule has 6 aromatic heterocycles. The number of carbonyl (C=O) groups is 1. The molecule has 0 amide bonds. The summed E-state index contributed by atoms with van der Waals surface area (Å²) < 4.78 is 72.2. The van der Waals surface area contributed by atoms with E-state index in [0.717, 1.165) is 156 Å². The Morgan fingerprint density at radius 2 is 0.941 bits per heavy atom. The van der Waals surface area contributed by atoms with Crippen LogP contribution in [0.3, 0.4) is 0 Å². The lowest BCUT2D eigenvalue weighted by atomic mass is 9.81. The number of pyridine rings is 2. The van der Waals surface area contributed by atoms with E-state index in [0.29, 0.717) is 41.9 Å². The Hall–Kier alpha value is -6.14. The van der Waals surface area contributed by atoms with Gasteiger partial charge in [0.15, 0.2) is 11.3 Å². The zero-order chi connectivity index (χ0) is 56.5. The highest BCUT2D eigenvalue weighted by atomic mass is 35.5. The maximum absolute atomic E-state index is 13.7. The SMILES string of the molecule is C.C.C.CN(C)C1CCC(c2cnc3c(c2)c(-c2cnn(CCN4CCOCC4)c2)cn3S(=O)(=O)c2ccccc2)CC1.CNC.Cl.O=C1CCC(c2cnc3c(c2)c(-c2cnn(CCN4CCOCC4)c2)cn3S(=O)(=O)c2ccccc2)CC1. The van der Waals surface area contributed by atoms with Gasteiger partial charge >= 0.3 is 0 Å². The van der Waals surface area contributed by atoms with Gasteiger partial charge in [-0.3, -0.25) is 24.0 Å². The van der Waals surface area contributed by atoms with Crippen LogP contribution in [-0.4, -0.2) is 175 Å².